The SMILES string of the molecule is CN1CCN(c2ncnc(N)c2[N+](=O)[O-])CC1=O. The molecule has 0 atom stereocenters. The number of aromatic nitrogens is 2. The minimum Gasteiger partial charge on any atom is -0.378 e. The van der Waals surface area contributed by atoms with Crippen molar-refractivity contribution in [3.63, 3.8) is 0 Å². The van der Waals surface area contributed by atoms with Crippen LogP contribution in [0.5, 0.6) is 0 Å². The predicted octanol–water partition coefficient (Wildman–Crippen LogP) is -0.755. The summed E-state index contributed by atoms with van der Waals surface area (Å²) in [6.45, 7) is 1.01. The van der Waals surface area contributed by atoms with Gasteiger partial charge in [-0.3, -0.25) is 14.9 Å². The fourth-order valence-corrected chi connectivity index (χ4v) is 1.73. The summed E-state index contributed by atoms with van der Waals surface area (Å²) in [6.07, 6.45) is 1.15. The molecule has 1 aliphatic rings. The van der Waals surface area contributed by atoms with Crippen molar-refractivity contribution in [2.45, 2.75) is 0 Å². The Morgan fingerprint density at radius 2 is 2.17 bits per heavy atom. The van der Waals surface area contributed by atoms with Crippen LogP contribution in [0.4, 0.5) is 17.3 Å². The van der Waals surface area contributed by atoms with Gasteiger partial charge < -0.3 is 15.5 Å². The molecule has 1 saturated heterocycles. The summed E-state index contributed by atoms with van der Waals surface area (Å²) >= 11 is 0. The molecule has 1 fully saturated rings. The van der Waals surface area contributed by atoms with Gasteiger partial charge in [-0.05, 0) is 0 Å². The van der Waals surface area contributed by atoms with Crippen molar-refractivity contribution < 1.29 is 9.72 Å². The number of hydrogen-bond donors (Lipinski definition) is 1. The number of nitrogen functional groups attached to an aromatic ring is 1. The van der Waals surface area contributed by atoms with Crippen LogP contribution in [-0.4, -0.2) is 52.4 Å². The van der Waals surface area contributed by atoms with Crippen LogP contribution in [0.15, 0.2) is 6.33 Å². The second-order valence-electron chi connectivity index (χ2n) is 3.93. The summed E-state index contributed by atoms with van der Waals surface area (Å²) in [5.41, 5.74) is 5.12. The number of nitro groups is 1. The normalized spacial score (nSPS) is 15.9. The van der Waals surface area contributed by atoms with E-state index in [0.29, 0.717) is 13.1 Å². The highest BCUT2D eigenvalue weighted by atomic mass is 16.6. The molecule has 0 saturated carbocycles. The van der Waals surface area contributed by atoms with E-state index >= 15 is 0 Å². The quantitative estimate of drug-likeness (QED) is 0.543. The molecule has 9 heteroatoms. The van der Waals surface area contributed by atoms with Gasteiger partial charge in [0, 0.05) is 20.1 Å². The maximum absolute atomic E-state index is 11.6. The van der Waals surface area contributed by atoms with Gasteiger partial charge in [0.25, 0.3) is 0 Å². The van der Waals surface area contributed by atoms with Crippen LogP contribution in [0.1, 0.15) is 0 Å². The van der Waals surface area contributed by atoms with E-state index in [0.717, 1.165) is 6.33 Å². The van der Waals surface area contributed by atoms with E-state index in [1.54, 1.807) is 16.8 Å². The number of likely N-dealkylation sites (N-methyl/N-ethyl adjacent to an activating group) is 1. The number of piperazine rings is 1. The first-order chi connectivity index (χ1) is 8.50. The molecule has 2 heterocycles. The average molecular weight is 252 g/mol. The molecule has 1 aromatic heterocycles. The van der Waals surface area contributed by atoms with Crippen molar-refractivity contribution in [1.82, 2.24) is 14.9 Å². The number of carbonyl (C=O) groups excluding carboxylic acids is 1. The van der Waals surface area contributed by atoms with Crippen LogP contribution in [0, 0.1) is 10.1 Å². The van der Waals surface area contributed by atoms with E-state index in [1.165, 1.54) is 0 Å². The first-order valence-electron chi connectivity index (χ1n) is 5.24. The zero-order valence-electron chi connectivity index (χ0n) is 9.74. The smallest absolute Gasteiger partial charge is 0.353 e. The summed E-state index contributed by atoms with van der Waals surface area (Å²) in [5, 5.41) is 11.0. The van der Waals surface area contributed by atoms with Crippen LogP contribution in [0.25, 0.3) is 0 Å². The number of nitrogens with two attached hydrogens (primary N) is 1. The van der Waals surface area contributed by atoms with Crippen molar-refractivity contribution in [2.24, 2.45) is 0 Å². The lowest BCUT2D eigenvalue weighted by atomic mass is 10.3. The van der Waals surface area contributed by atoms with Gasteiger partial charge >= 0.3 is 5.69 Å². The molecular weight excluding hydrogens is 240 g/mol. The van der Waals surface area contributed by atoms with Gasteiger partial charge in [0.05, 0.1) is 11.5 Å². The molecular formula is C9H12N6O3. The molecule has 2 rings (SSSR count). The summed E-state index contributed by atoms with van der Waals surface area (Å²) < 4.78 is 0. The molecule has 0 spiro atoms. The van der Waals surface area contributed by atoms with Gasteiger partial charge in [0.1, 0.15) is 6.33 Å². The molecule has 9 nitrogen and oxygen atoms in total. The zero-order chi connectivity index (χ0) is 13.3. The molecule has 0 aliphatic carbocycles. The highest BCUT2D eigenvalue weighted by Crippen LogP contribution is 2.30. The Morgan fingerprint density at radius 3 is 2.78 bits per heavy atom. The van der Waals surface area contributed by atoms with Crippen molar-refractivity contribution >= 4 is 23.2 Å². The van der Waals surface area contributed by atoms with Crippen LogP contribution in [0.2, 0.25) is 0 Å². The molecule has 1 aliphatic heterocycles. The second-order valence-corrected chi connectivity index (χ2v) is 3.93. The van der Waals surface area contributed by atoms with E-state index in [2.05, 4.69) is 9.97 Å². The predicted molar refractivity (Wildman–Crippen MR) is 62.9 cm³/mol. The van der Waals surface area contributed by atoms with E-state index in [9.17, 15) is 14.9 Å². The van der Waals surface area contributed by atoms with Crippen LogP contribution < -0.4 is 10.6 Å². The Hall–Kier alpha value is -2.45. The van der Waals surface area contributed by atoms with Crippen molar-refractivity contribution in [1.29, 1.82) is 0 Å². The van der Waals surface area contributed by atoms with Gasteiger partial charge in [-0.25, -0.2) is 9.97 Å². The Kier molecular flexibility index (Phi) is 2.96. The standard InChI is InChI=1S/C9H12N6O3/c1-13-2-3-14(4-6(13)16)9-7(15(17)18)8(10)11-5-12-9/h5H,2-4H2,1H3,(H2,10,11,12). The van der Waals surface area contributed by atoms with Gasteiger partial charge in [-0.15, -0.1) is 0 Å². The van der Waals surface area contributed by atoms with Crippen LogP contribution >= 0.6 is 0 Å². The van der Waals surface area contributed by atoms with Gasteiger partial charge in [0.2, 0.25) is 17.5 Å². The fourth-order valence-electron chi connectivity index (χ4n) is 1.73. The minimum atomic E-state index is -0.631. The average Bonchev–Trinajstić information content (AvgIpc) is 2.32. The molecule has 0 bridgehead atoms. The first kappa shape index (κ1) is 12.0. The molecule has 0 aromatic carbocycles. The van der Waals surface area contributed by atoms with Gasteiger partial charge in [-0.2, -0.15) is 0 Å². The highest BCUT2D eigenvalue weighted by Gasteiger charge is 2.30. The van der Waals surface area contributed by atoms with Crippen molar-refractivity contribution in [3.05, 3.63) is 16.4 Å². The molecule has 1 amide bonds. The lowest BCUT2D eigenvalue weighted by Crippen LogP contribution is -2.49. The van der Waals surface area contributed by atoms with E-state index < -0.39 is 4.92 Å². The van der Waals surface area contributed by atoms with E-state index in [4.69, 9.17) is 5.73 Å². The van der Waals surface area contributed by atoms with Crippen molar-refractivity contribution in [2.75, 3.05) is 37.3 Å². The number of carbonyl (C=O) groups is 1. The Balaban J connectivity index is 2.37. The monoisotopic (exact) mass is 252 g/mol. The number of nitrogens with zero attached hydrogens (tertiary/aromatic N) is 5. The maximum atomic E-state index is 11.6. The summed E-state index contributed by atoms with van der Waals surface area (Å²) in [4.78, 5) is 32.5. The molecule has 0 unspecified atom stereocenters. The second kappa shape index (κ2) is 4.43. The van der Waals surface area contributed by atoms with E-state index in [1.807, 2.05) is 0 Å². The lowest BCUT2D eigenvalue weighted by molar-refractivity contribution is -0.383. The summed E-state index contributed by atoms with van der Waals surface area (Å²) in [6, 6.07) is 0. The third-order valence-electron chi connectivity index (χ3n) is 2.77. The third kappa shape index (κ3) is 2.01. The molecule has 18 heavy (non-hydrogen) atoms. The van der Waals surface area contributed by atoms with Gasteiger partial charge in [-0.1, -0.05) is 0 Å². The number of rotatable bonds is 2. The fraction of sp³-hybridized carbons (Fsp3) is 0.444. The van der Waals surface area contributed by atoms with Crippen LogP contribution in [-0.2, 0) is 4.79 Å². The molecule has 1 aromatic rings. The summed E-state index contributed by atoms with van der Waals surface area (Å²) in [5.74, 6) is -0.224. The Morgan fingerprint density at radius 1 is 1.44 bits per heavy atom. The number of anilines is 2. The number of hydrogen-bond acceptors (Lipinski definition) is 7. The topological polar surface area (TPSA) is 118 Å². The van der Waals surface area contributed by atoms with Gasteiger partial charge in [0.15, 0.2) is 0 Å². The first-order valence-corrected chi connectivity index (χ1v) is 5.24. The maximum Gasteiger partial charge on any atom is 0.353 e. The third-order valence-corrected chi connectivity index (χ3v) is 2.77. The Bertz CT molecular complexity index is 505. The number of amides is 1. The molecule has 0 radical (unpaired) electrons. The highest BCUT2D eigenvalue weighted by molar-refractivity contribution is 5.84. The largest absolute Gasteiger partial charge is 0.378 e. The van der Waals surface area contributed by atoms with Crippen molar-refractivity contribution in [3.8, 4) is 0 Å². The summed E-state index contributed by atoms with van der Waals surface area (Å²) in [7, 11) is 1.68. The van der Waals surface area contributed by atoms with Crippen LogP contribution in [0.3, 0.4) is 0 Å². The minimum absolute atomic E-state index is 0.0494. The lowest BCUT2D eigenvalue weighted by Gasteiger charge is -2.32. The molecule has 2 N–H and O–H groups in total. The zero-order valence-corrected chi connectivity index (χ0v) is 9.74. The van der Waals surface area contributed by atoms with E-state index in [-0.39, 0.29) is 29.8 Å². The Labute approximate surface area is 102 Å². The molecule has 96 valence electrons.